The first-order valence-corrected chi connectivity index (χ1v) is 22.5. The van der Waals surface area contributed by atoms with Gasteiger partial charge in [0.2, 0.25) is 65.0 Å². The van der Waals surface area contributed by atoms with Gasteiger partial charge < -0.3 is 78.7 Å². The number of nitrogens with two attached hydrogens (primary N) is 1. The van der Waals surface area contributed by atoms with Crippen molar-refractivity contribution in [1.29, 1.82) is 0 Å². The van der Waals surface area contributed by atoms with E-state index in [1.807, 2.05) is 0 Å². The maximum absolute atomic E-state index is 13.3. The molecular weight excluding hydrogens is 899 g/mol. The number of aliphatic carboxylic acids is 2. The Balaban J connectivity index is 5.50. The summed E-state index contributed by atoms with van der Waals surface area (Å²) in [6, 6.07) is -5.57. The van der Waals surface area contributed by atoms with Gasteiger partial charge in [-0.05, 0) is 64.2 Å². The van der Waals surface area contributed by atoms with Gasteiger partial charge in [0.1, 0.15) is 30.2 Å². The number of carbonyl (C=O) groups is 13. The van der Waals surface area contributed by atoms with Crippen molar-refractivity contribution in [3.8, 4) is 0 Å². The number of carbonyl (C=O) groups excluding carboxylic acids is 13. The van der Waals surface area contributed by atoms with Crippen molar-refractivity contribution in [3.05, 3.63) is 0 Å². The minimum atomic E-state index is -1.55. The molecule has 0 aliphatic rings. The first-order chi connectivity index (χ1) is 32.0. The number of nitrogens with one attached hydrogen (secondary N) is 10. The number of amides is 11. The molecule has 0 saturated heterocycles. The molecule has 0 saturated carbocycles. The second-order valence-electron chi connectivity index (χ2n) is 15.8. The third-order valence-corrected chi connectivity index (χ3v) is 9.63. The van der Waals surface area contributed by atoms with Crippen LogP contribution in [0.1, 0.15) is 124 Å². The molecule has 0 aliphatic carbocycles. The average molecular weight is 968 g/mol. The molecule has 0 aliphatic heterocycles. The normalized spacial score (nSPS) is 12.8. The average Bonchev–Trinajstić information content (AvgIpc) is 3.24. The summed E-state index contributed by atoms with van der Waals surface area (Å²) in [5.41, 5.74) is 5.16. The quantitative estimate of drug-likeness (QED) is 0.0258. The van der Waals surface area contributed by atoms with Gasteiger partial charge in [0, 0.05) is 97.5 Å². The lowest BCUT2D eigenvalue weighted by Crippen LogP contribution is -2.49. The summed E-state index contributed by atoms with van der Waals surface area (Å²) in [6.45, 7) is 5.48. The largest absolute Gasteiger partial charge is 0.550 e. The van der Waals surface area contributed by atoms with Crippen LogP contribution in [0, 0.1) is 0 Å². The molecule has 68 heavy (non-hydrogen) atoms. The van der Waals surface area contributed by atoms with Crippen LogP contribution in [0.15, 0.2) is 0 Å². The lowest BCUT2D eigenvalue weighted by atomic mass is 10.1. The summed E-state index contributed by atoms with van der Waals surface area (Å²) in [4.78, 5) is 157. The van der Waals surface area contributed by atoms with Crippen LogP contribution in [0.4, 0.5) is 0 Å². The van der Waals surface area contributed by atoms with Gasteiger partial charge in [-0.2, -0.15) is 0 Å². The smallest absolute Gasteiger partial charge is 0.242 e. The molecule has 0 spiro atoms. The summed E-state index contributed by atoms with van der Waals surface area (Å²) in [7, 11) is 0. The van der Waals surface area contributed by atoms with Crippen LogP contribution in [-0.4, -0.2) is 140 Å². The second kappa shape index (κ2) is 35.3. The predicted octanol–water partition coefficient (Wildman–Crippen LogP) is -6.09. The fourth-order valence-corrected chi connectivity index (χ4v) is 6.29. The van der Waals surface area contributed by atoms with Gasteiger partial charge >= 0.3 is 0 Å². The van der Waals surface area contributed by atoms with Gasteiger partial charge in [-0.25, -0.2) is 0 Å². The number of hydrogen-bond donors (Lipinski definition) is 11. The van der Waals surface area contributed by atoms with Crippen molar-refractivity contribution in [2.24, 2.45) is 5.73 Å². The monoisotopic (exact) mass is 967 g/mol. The minimum Gasteiger partial charge on any atom is -0.550 e. The zero-order valence-corrected chi connectivity index (χ0v) is 39.2. The van der Waals surface area contributed by atoms with E-state index in [0.29, 0.717) is 19.3 Å². The number of carboxylic acid groups (broad SMARTS) is 2. The summed E-state index contributed by atoms with van der Waals surface area (Å²) < 4.78 is 0. The third-order valence-electron chi connectivity index (χ3n) is 9.63. The predicted molar refractivity (Wildman–Crippen MR) is 236 cm³/mol. The molecule has 0 bridgehead atoms. The van der Waals surface area contributed by atoms with E-state index in [1.54, 1.807) is 6.92 Å². The Labute approximate surface area is 394 Å². The summed E-state index contributed by atoms with van der Waals surface area (Å²) in [5.74, 6) is -9.43. The molecule has 11 amide bonds. The Hall–Kier alpha value is -6.89. The zero-order chi connectivity index (χ0) is 51.6. The first-order valence-electron chi connectivity index (χ1n) is 22.5. The highest BCUT2D eigenvalue weighted by Gasteiger charge is 2.24. The van der Waals surface area contributed by atoms with Crippen LogP contribution < -0.4 is 69.1 Å². The third kappa shape index (κ3) is 31.1. The van der Waals surface area contributed by atoms with Crippen LogP contribution in [-0.2, 0) is 62.3 Å². The SMILES string of the molecule is CCC(NC(C)=O)C(=O)NCCCC(=O)NC(CCCCNC(=O)C(CC(=O)[O-])NC(C)=O)C(=O)NCCCC(=O)NC(CCCCNC(=O)C(CC(=O)[O-])NC(C)=O)C(=O)NCCCC(N)=O. The van der Waals surface area contributed by atoms with E-state index in [2.05, 4.69) is 53.2 Å². The fourth-order valence-electron chi connectivity index (χ4n) is 6.29. The molecule has 0 aromatic heterocycles. The highest BCUT2D eigenvalue weighted by Crippen LogP contribution is 2.06. The standard InChI is InChI=1S/C42H71N11O15/c1-5-28(49-25(2)54)38(64)46-21-11-16-34(58)53-30(14-7-9-19-45-42(68)32(24-37(62)63)51-27(4)56)40(66)48-22-12-17-35(59)52-29(39(65)47-20-10-15-33(43)57)13-6-8-18-44-41(67)31(23-36(60)61)50-26(3)55/h28-32H,5-24H2,1-4H3,(H2,43,57)(H,44,67)(H,45,68)(H,46,64)(H,47,65)(H,48,66)(H,49,54)(H,50,55)(H,51,56)(H,52,59)(H,53,58)(H,60,61)(H,62,63)/p-2. The Morgan fingerprint density at radius 2 is 0.691 bits per heavy atom. The summed E-state index contributed by atoms with van der Waals surface area (Å²) in [6.07, 6.45) is 0.527. The van der Waals surface area contributed by atoms with E-state index >= 15 is 0 Å². The van der Waals surface area contributed by atoms with Crippen molar-refractivity contribution >= 4 is 76.9 Å². The number of rotatable bonds is 37. The van der Waals surface area contributed by atoms with Gasteiger partial charge in [0.25, 0.3) is 0 Å². The van der Waals surface area contributed by atoms with Gasteiger partial charge in [-0.1, -0.05) is 6.92 Å². The Morgan fingerprint density at radius 3 is 1.00 bits per heavy atom. The highest BCUT2D eigenvalue weighted by molar-refractivity contribution is 5.91. The van der Waals surface area contributed by atoms with E-state index in [9.17, 15) is 72.5 Å². The van der Waals surface area contributed by atoms with E-state index in [0.717, 1.165) is 13.8 Å². The number of hydrogen-bond acceptors (Lipinski definition) is 15. The number of primary amides is 1. The molecule has 0 rings (SSSR count). The van der Waals surface area contributed by atoms with E-state index < -0.39 is 114 Å². The Morgan fingerprint density at radius 1 is 0.397 bits per heavy atom. The van der Waals surface area contributed by atoms with Crippen molar-refractivity contribution in [2.45, 2.75) is 154 Å². The molecular formula is C42H69N11O15-2. The van der Waals surface area contributed by atoms with Crippen molar-refractivity contribution < 1.29 is 72.5 Å². The van der Waals surface area contributed by atoms with Gasteiger partial charge in [-0.15, -0.1) is 0 Å². The van der Waals surface area contributed by atoms with Crippen LogP contribution in [0.2, 0.25) is 0 Å². The first kappa shape index (κ1) is 61.1. The highest BCUT2D eigenvalue weighted by atomic mass is 16.4. The molecule has 0 radical (unpaired) electrons. The molecule has 0 heterocycles. The van der Waals surface area contributed by atoms with Crippen LogP contribution >= 0.6 is 0 Å². The van der Waals surface area contributed by atoms with E-state index in [4.69, 9.17) is 5.73 Å². The molecule has 5 atom stereocenters. The minimum absolute atomic E-state index is 0.0139. The lowest BCUT2D eigenvalue weighted by Gasteiger charge is -2.20. The van der Waals surface area contributed by atoms with E-state index in [-0.39, 0.29) is 103 Å². The molecule has 0 aromatic rings. The zero-order valence-electron chi connectivity index (χ0n) is 39.2. The molecule has 26 heteroatoms. The molecule has 26 nitrogen and oxygen atoms in total. The molecule has 5 unspecified atom stereocenters. The van der Waals surface area contributed by atoms with Crippen molar-refractivity contribution in [2.75, 3.05) is 32.7 Å². The molecule has 0 fully saturated rings. The Kier molecular flexibility index (Phi) is 31.7. The number of unbranched alkanes of at least 4 members (excludes halogenated alkanes) is 2. The molecule has 384 valence electrons. The van der Waals surface area contributed by atoms with Gasteiger partial charge in [0.05, 0.1) is 0 Å². The Bertz CT molecular complexity index is 1710. The van der Waals surface area contributed by atoms with Crippen LogP contribution in [0.25, 0.3) is 0 Å². The maximum Gasteiger partial charge on any atom is 0.242 e. The lowest BCUT2D eigenvalue weighted by molar-refractivity contribution is -0.307. The summed E-state index contributed by atoms with van der Waals surface area (Å²) >= 11 is 0. The topological polar surface area (TPSA) is 414 Å². The van der Waals surface area contributed by atoms with E-state index in [1.165, 1.54) is 6.92 Å². The van der Waals surface area contributed by atoms with Crippen molar-refractivity contribution in [1.82, 2.24) is 53.2 Å². The molecule has 12 N–H and O–H groups in total. The molecule has 0 aromatic carbocycles. The number of carboxylic acids is 2. The van der Waals surface area contributed by atoms with Crippen LogP contribution in [0.5, 0.6) is 0 Å². The summed E-state index contributed by atoms with van der Waals surface area (Å²) in [5, 5.41) is 47.3. The second-order valence-corrected chi connectivity index (χ2v) is 15.8. The van der Waals surface area contributed by atoms with Crippen LogP contribution in [0.3, 0.4) is 0 Å². The van der Waals surface area contributed by atoms with Gasteiger partial charge in [0.15, 0.2) is 0 Å². The fraction of sp³-hybridized carbons (Fsp3) is 0.690. The van der Waals surface area contributed by atoms with Gasteiger partial charge in [-0.3, -0.25) is 52.7 Å². The maximum atomic E-state index is 13.3. The van der Waals surface area contributed by atoms with Crippen molar-refractivity contribution in [3.63, 3.8) is 0 Å².